The molecule has 35 heavy (non-hydrogen) atoms. The van der Waals surface area contributed by atoms with Crippen LogP contribution in [0.1, 0.15) is 25.7 Å². The first-order valence-corrected chi connectivity index (χ1v) is 14.0. The molecule has 0 aliphatic carbocycles. The monoisotopic (exact) mass is 496 g/mol. The van der Waals surface area contributed by atoms with Gasteiger partial charge in [0, 0.05) is 50.6 Å². The Kier molecular flexibility index (Phi) is 6.81. The number of nitrogens with one attached hydrogen (secondary N) is 2. The number of hydrogen-bond acceptors (Lipinski definition) is 6. The zero-order valence-electron chi connectivity index (χ0n) is 19.8. The molecule has 186 valence electrons. The number of carbonyl (C=O) groups excluding carboxylic acids is 1. The fourth-order valence-electron chi connectivity index (χ4n) is 4.83. The van der Waals surface area contributed by atoms with Crippen molar-refractivity contribution in [3.63, 3.8) is 0 Å². The van der Waals surface area contributed by atoms with E-state index in [9.17, 15) is 13.2 Å². The lowest BCUT2D eigenvalue weighted by Gasteiger charge is -2.28. The summed E-state index contributed by atoms with van der Waals surface area (Å²) in [5.74, 6) is -0.164. The number of anilines is 3. The molecule has 1 aromatic heterocycles. The van der Waals surface area contributed by atoms with Crippen molar-refractivity contribution in [1.29, 1.82) is 0 Å². The second kappa shape index (κ2) is 10.2. The Morgan fingerprint density at radius 2 is 1.60 bits per heavy atom. The number of sulfonamides is 1. The lowest BCUT2D eigenvalue weighted by molar-refractivity contribution is -0.128. The zero-order chi connectivity index (χ0) is 24.3. The summed E-state index contributed by atoms with van der Waals surface area (Å²) in [6.45, 7) is 4.38. The molecule has 2 aliphatic heterocycles. The molecule has 0 radical (unpaired) electrons. The summed E-state index contributed by atoms with van der Waals surface area (Å²) in [7, 11) is -3.80. The van der Waals surface area contributed by atoms with Crippen LogP contribution in [0.2, 0.25) is 0 Å². The SMILES string of the molecule is O=C(CS(=O)(=O)Nc1ccc(N2CCCCC2)cc1)N1CCCN(c2nc3ccccc3[nH]2)CC1. The van der Waals surface area contributed by atoms with E-state index in [1.54, 1.807) is 17.0 Å². The fraction of sp³-hybridized carbons (Fsp3) is 0.440. The first kappa shape index (κ1) is 23.5. The van der Waals surface area contributed by atoms with Gasteiger partial charge in [0.15, 0.2) is 0 Å². The number of para-hydroxylation sites is 2. The van der Waals surface area contributed by atoms with Crippen molar-refractivity contribution in [2.45, 2.75) is 25.7 Å². The van der Waals surface area contributed by atoms with E-state index >= 15 is 0 Å². The Labute approximate surface area is 206 Å². The summed E-state index contributed by atoms with van der Waals surface area (Å²) in [4.78, 5) is 26.9. The average molecular weight is 497 g/mol. The fourth-order valence-corrected chi connectivity index (χ4v) is 5.90. The maximum Gasteiger partial charge on any atom is 0.241 e. The van der Waals surface area contributed by atoms with Gasteiger partial charge in [-0.05, 0) is 62.1 Å². The van der Waals surface area contributed by atoms with Crippen LogP contribution < -0.4 is 14.5 Å². The highest BCUT2D eigenvalue weighted by Crippen LogP contribution is 2.23. The minimum atomic E-state index is -3.80. The Hall–Kier alpha value is -3.27. The first-order valence-electron chi connectivity index (χ1n) is 12.3. The van der Waals surface area contributed by atoms with Crippen LogP contribution in [0, 0.1) is 0 Å². The molecule has 2 aliphatic rings. The average Bonchev–Trinajstić information content (AvgIpc) is 3.13. The van der Waals surface area contributed by atoms with E-state index in [1.165, 1.54) is 19.3 Å². The van der Waals surface area contributed by atoms with Crippen LogP contribution in [0.3, 0.4) is 0 Å². The lowest BCUT2D eigenvalue weighted by atomic mass is 10.1. The molecule has 2 fully saturated rings. The number of piperidine rings is 1. The minimum absolute atomic E-state index is 0.381. The number of H-pyrrole nitrogens is 1. The van der Waals surface area contributed by atoms with Crippen molar-refractivity contribution in [1.82, 2.24) is 14.9 Å². The van der Waals surface area contributed by atoms with E-state index in [-0.39, 0.29) is 5.91 Å². The van der Waals surface area contributed by atoms with Crippen LogP contribution in [-0.2, 0) is 14.8 Å². The predicted molar refractivity (Wildman–Crippen MR) is 139 cm³/mol. The quantitative estimate of drug-likeness (QED) is 0.544. The van der Waals surface area contributed by atoms with Crippen molar-refractivity contribution >= 4 is 44.3 Å². The Bertz CT molecular complexity index is 1230. The smallest absolute Gasteiger partial charge is 0.241 e. The number of aromatic nitrogens is 2. The van der Waals surface area contributed by atoms with Gasteiger partial charge in [0.25, 0.3) is 0 Å². The molecular weight excluding hydrogens is 464 g/mol. The summed E-state index contributed by atoms with van der Waals surface area (Å²) < 4.78 is 28.0. The second-order valence-corrected chi connectivity index (χ2v) is 11.0. The van der Waals surface area contributed by atoms with Crippen LogP contribution >= 0.6 is 0 Å². The zero-order valence-corrected chi connectivity index (χ0v) is 20.6. The molecule has 5 rings (SSSR count). The summed E-state index contributed by atoms with van der Waals surface area (Å²) in [6.07, 6.45) is 4.37. The number of amides is 1. The number of aromatic amines is 1. The number of nitrogens with zero attached hydrogens (tertiary/aromatic N) is 4. The maximum absolute atomic E-state index is 12.9. The number of benzene rings is 2. The summed E-state index contributed by atoms with van der Waals surface area (Å²) >= 11 is 0. The number of carbonyl (C=O) groups is 1. The Morgan fingerprint density at radius 1 is 0.857 bits per heavy atom. The molecule has 0 unspecified atom stereocenters. The highest BCUT2D eigenvalue weighted by atomic mass is 32.2. The van der Waals surface area contributed by atoms with Crippen molar-refractivity contribution in [3.05, 3.63) is 48.5 Å². The van der Waals surface area contributed by atoms with E-state index in [1.807, 2.05) is 36.4 Å². The molecule has 0 spiro atoms. The molecule has 0 atom stereocenters. The van der Waals surface area contributed by atoms with E-state index in [4.69, 9.17) is 0 Å². The summed E-state index contributed by atoms with van der Waals surface area (Å²) in [6, 6.07) is 15.3. The normalized spacial score (nSPS) is 17.4. The molecule has 9 nitrogen and oxygen atoms in total. The van der Waals surface area contributed by atoms with E-state index in [0.29, 0.717) is 25.3 Å². The van der Waals surface area contributed by atoms with Gasteiger partial charge in [-0.3, -0.25) is 9.52 Å². The van der Waals surface area contributed by atoms with Gasteiger partial charge in [0.2, 0.25) is 21.9 Å². The number of fused-ring (bicyclic) bond motifs is 1. The van der Waals surface area contributed by atoms with Crippen LogP contribution in [0.4, 0.5) is 17.3 Å². The van der Waals surface area contributed by atoms with Gasteiger partial charge in [0.1, 0.15) is 5.75 Å². The van der Waals surface area contributed by atoms with E-state index in [2.05, 4.69) is 24.5 Å². The molecule has 0 bridgehead atoms. The van der Waals surface area contributed by atoms with E-state index < -0.39 is 15.8 Å². The second-order valence-electron chi connectivity index (χ2n) is 9.25. The third-order valence-corrected chi connectivity index (χ3v) is 7.87. The van der Waals surface area contributed by atoms with Gasteiger partial charge in [-0.1, -0.05) is 12.1 Å². The van der Waals surface area contributed by atoms with Crippen molar-refractivity contribution in [3.8, 4) is 0 Å². The molecule has 2 saturated heterocycles. The van der Waals surface area contributed by atoms with Gasteiger partial charge in [-0.2, -0.15) is 0 Å². The van der Waals surface area contributed by atoms with Crippen LogP contribution in [0.15, 0.2) is 48.5 Å². The molecule has 10 heteroatoms. The highest BCUT2D eigenvalue weighted by Gasteiger charge is 2.25. The largest absolute Gasteiger partial charge is 0.372 e. The summed E-state index contributed by atoms with van der Waals surface area (Å²) in [5, 5.41) is 0. The van der Waals surface area contributed by atoms with Gasteiger partial charge >= 0.3 is 0 Å². The molecule has 3 heterocycles. The van der Waals surface area contributed by atoms with Gasteiger partial charge < -0.3 is 19.7 Å². The Morgan fingerprint density at radius 3 is 2.37 bits per heavy atom. The van der Waals surface area contributed by atoms with Crippen molar-refractivity contribution in [2.24, 2.45) is 0 Å². The maximum atomic E-state index is 12.9. The van der Waals surface area contributed by atoms with Crippen LogP contribution in [0.25, 0.3) is 11.0 Å². The van der Waals surface area contributed by atoms with E-state index in [0.717, 1.165) is 48.7 Å². The van der Waals surface area contributed by atoms with Crippen LogP contribution in [-0.4, -0.2) is 74.2 Å². The third kappa shape index (κ3) is 5.70. The molecule has 0 saturated carbocycles. The molecule has 2 aromatic carbocycles. The lowest BCUT2D eigenvalue weighted by Crippen LogP contribution is -2.39. The topological polar surface area (TPSA) is 102 Å². The number of rotatable bonds is 6. The van der Waals surface area contributed by atoms with Crippen LogP contribution in [0.5, 0.6) is 0 Å². The van der Waals surface area contributed by atoms with Gasteiger partial charge in [-0.25, -0.2) is 13.4 Å². The summed E-state index contributed by atoms with van der Waals surface area (Å²) in [5.41, 5.74) is 3.45. The van der Waals surface area contributed by atoms with Gasteiger partial charge in [-0.15, -0.1) is 0 Å². The molecule has 2 N–H and O–H groups in total. The van der Waals surface area contributed by atoms with Crippen molar-refractivity contribution < 1.29 is 13.2 Å². The predicted octanol–water partition coefficient (Wildman–Crippen LogP) is 3.03. The molecular formula is C25H32N6O3S. The Balaban J connectivity index is 1.16. The van der Waals surface area contributed by atoms with Crippen molar-refractivity contribution in [2.75, 3.05) is 59.5 Å². The number of hydrogen-bond donors (Lipinski definition) is 2. The molecule has 1 amide bonds. The third-order valence-electron chi connectivity index (χ3n) is 6.70. The van der Waals surface area contributed by atoms with Gasteiger partial charge in [0.05, 0.1) is 11.0 Å². The highest BCUT2D eigenvalue weighted by molar-refractivity contribution is 7.93. The first-order chi connectivity index (χ1) is 17.0. The molecule has 3 aromatic rings. The number of imidazole rings is 1. The minimum Gasteiger partial charge on any atom is -0.372 e. The standard InChI is InChI=1S/C25H32N6O3S/c32-24(19-35(33,34)28-20-9-11-21(12-10-20)29-13-4-1-5-14-29)30-15-6-16-31(18-17-30)25-26-22-7-2-3-8-23(22)27-25/h2-3,7-12,28H,1,4-6,13-19H2,(H,26,27).